The third kappa shape index (κ3) is 4.53. The summed E-state index contributed by atoms with van der Waals surface area (Å²) in [6, 6.07) is 80.4. The number of para-hydroxylation sites is 2. The lowest BCUT2D eigenvalue weighted by Gasteiger charge is -2.31. The van der Waals surface area contributed by atoms with E-state index in [-0.39, 0.29) is 5.41 Å². The van der Waals surface area contributed by atoms with E-state index in [2.05, 4.69) is 228 Å². The molecule has 0 aliphatic heterocycles. The topological polar surface area (TPSA) is 8.17 Å². The number of fused-ring (bicyclic) bond motifs is 13. The molecule has 12 rings (SSSR count). The summed E-state index contributed by atoms with van der Waals surface area (Å²) in [6.07, 6.45) is 0. The Bertz CT molecular complexity index is 3130. The van der Waals surface area contributed by atoms with E-state index in [1.165, 1.54) is 77.4 Å². The molecule has 0 fully saturated rings. The third-order valence-electron chi connectivity index (χ3n) is 12.4. The Balaban J connectivity index is 1.09. The van der Waals surface area contributed by atoms with E-state index in [0.29, 0.717) is 0 Å². The van der Waals surface area contributed by atoms with Crippen molar-refractivity contribution in [1.29, 1.82) is 0 Å². The van der Waals surface area contributed by atoms with Crippen molar-refractivity contribution in [2.75, 3.05) is 4.90 Å². The molecule has 0 atom stereocenters. The third-order valence-corrected chi connectivity index (χ3v) is 12.4. The van der Waals surface area contributed by atoms with E-state index < -0.39 is 0 Å². The normalized spacial score (nSPS) is 13.1. The highest BCUT2D eigenvalue weighted by Gasteiger charge is 2.51. The van der Waals surface area contributed by atoms with Crippen LogP contribution >= 0.6 is 0 Å². The molecule has 0 saturated heterocycles. The van der Waals surface area contributed by atoms with Crippen molar-refractivity contribution in [3.63, 3.8) is 0 Å². The molecule has 2 aliphatic carbocycles. The molecule has 0 unspecified atom stereocenters. The molecule has 1 heterocycles. The first kappa shape index (κ1) is 31.9. The van der Waals surface area contributed by atoms with Crippen LogP contribution in [0, 0.1) is 0 Å². The summed E-state index contributed by atoms with van der Waals surface area (Å²) in [5.41, 5.74) is 19.6. The lowest BCUT2D eigenvalue weighted by Crippen LogP contribution is -2.25. The van der Waals surface area contributed by atoms with Crippen LogP contribution in [0.3, 0.4) is 0 Å². The van der Waals surface area contributed by atoms with E-state index in [9.17, 15) is 0 Å². The Morgan fingerprint density at radius 2 is 0.789 bits per heavy atom. The van der Waals surface area contributed by atoms with Gasteiger partial charge in [-0.25, -0.2) is 0 Å². The minimum Gasteiger partial charge on any atom is -0.310 e. The first-order valence-electron chi connectivity index (χ1n) is 19.8. The second kappa shape index (κ2) is 12.3. The number of hydrogen-bond donors (Lipinski definition) is 0. The molecule has 10 aromatic rings. The Hall–Kier alpha value is -7.42. The van der Waals surface area contributed by atoms with Gasteiger partial charge in [-0.3, -0.25) is 0 Å². The Labute approximate surface area is 332 Å². The number of rotatable bonds is 5. The Morgan fingerprint density at radius 1 is 0.316 bits per heavy atom. The zero-order chi connectivity index (χ0) is 37.5. The van der Waals surface area contributed by atoms with Gasteiger partial charge in [0.15, 0.2) is 0 Å². The van der Waals surface area contributed by atoms with Gasteiger partial charge in [0.2, 0.25) is 0 Å². The largest absolute Gasteiger partial charge is 0.310 e. The Kier molecular flexibility index (Phi) is 6.88. The highest BCUT2D eigenvalue weighted by atomic mass is 15.1. The van der Waals surface area contributed by atoms with Crippen LogP contribution in [0.15, 0.2) is 218 Å². The molecule has 2 aliphatic rings. The molecule has 266 valence electrons. The highest BCUT2D eigenvalue weighted by molar-refractivity contribution is 6.11. The van der Waals surface area contributed by atoms with Gasteiger partial charge >= 0.3 is 0 Å². The predicted molar refractivity (Wildman–Crippen MR) is 237 cm³/mol. The van der Waals surface area contributed by atoms with Crippen LogP contribution in [0.25, 0.3) is 60.9 Å². The highest BCUT2D eigenvalue weighted by Crippen LogP contribution is 2.63. The molecule has 0 saturated carbocycles. The average molecular weight is 725 g/mol. The fourth-order valence-corrected chi connectivity index (χ4v) is 10.1. The fraction of sp³-hybridized carbons (Fsp3) is 0.0182. The molecular formula is C55H36N2. The molecule has 1 aromatic heterocycles. The SMILES string of the molecule is c1ccc(-c2ccc(N(c3ccc4c(c3)-c3ccccc3C43c4ccccc4-c4ccccc43)c3ccc4c(c3)c3ccccc3n4-c3ccccc3)cc2)cc1. The van der Waals surface area contributed by atoms with E-state index in [0.717, 1.165) is 22.7 Å². The smallest absolute Gasteiger partial charge is 0.0725 e. The number of aromatic nitrogens is 1. The Morgan fingerprint density at radius 3 is 1.47 bits per heavy atom. The summed E-state index contributed by atoms with van der Waals surface area (Å²) < 4.78 is 2.39. The molecule has 1 spiro atoms. The zero-order valence-electron chi connectivity index (χ0n) is 31.2. The van der Waals surface area contributed by atoms with E-state index in [1.54, 1.807) is 0 Å². The average Bonchev–Trinajstić information content (AvgIpc) is 3.89. The minimum absolute atomic E-state index is 0.377. The standard InChI is InChI=1S/C55H36N2/c1-3-15-37(16-4-1)38-27-29-40(30-28-38)56(42-32-34-54-48(36-42)46-22-10-14-26-53(46)57(54)39-17-5-2-6-18-39)41-31-33-52-47(35-41)45-21-9-13-25-51(45)55(52)49-23-11-7-19-43(49)44-20-8-12-24-50(44)55/h1-36H. The van der Waals surface area contributed by atoms with Gasteiger partial charge in [-0.2, -0.15) is 0 Å². The van der Waals surface area contributed by atoms with Crippen molar-refractivity contribution in [3.05, 3.63) is 241 Å². The summed E-state index contributed by atoms with van der Waals surface area (Å²) in [6.45, 7) is 0. The molecule has 57 heavy (non-hydrogen) atoms. The number of nitrogens with zero attached hydrogens (tertiary/aromatic N) is 2. The maximum atomic E-state index is 2.44. The predicted octanol–water partition coefficient (Wildman–Crippen LogP) is 14.3. The van der Waals surface area contributed by atoms with Gasteiger partial charge in [-0.15, -0.1) is 0 Å². The lowest BCUT2D eigenvalue weighted by molar-refractivity contribution is 0.794. The second-order valence-electron chi connectivity index (χ2n) is 15.3. The van der Waals surface area contributed by atoms with Crippen LogP contribution in [0.1, 0.15) is 22.3 Å². The minimum atomic E-state index is -0.377. The van der Waals surface area contributed by atoms with Gasteiger partial charge in [0, 0.05) is 33.5 Å². The quantitative estimate of drug-likeness (QED) is 0.172. The van der Waals surface area contributed by atoms with Crippen LogP contribution in [0.5, 0.6) is 0 Å². The van der Waals surface area contributed by atoms with Crippen LogP contribution in [-0.4, -0.2) is 4.57 Å². The van der Waals surface area contributed by atoms with Crippen molar-refractivity contribution in [2.45, 2.75) is 5.41 Å². The van der Waals surface area contributed by atoms with Crippen LogP contribution < -0.4 is 4.90 Å². The van der Waals surface area contributed by atoms with E-state index >= 15 is 0 Å². The van der Waals surface area contributed by atoms with E-state index in [1.807, 2.05) is 0 Å². The molecule has 0 radical (unpaired) electrons. The number of hydrogen-bond acceptors (Lipinski definition) is 1. The van der Waals surface area contributed by atoms with Gasteiger partial charge in [0.1, 0.15) is 0 Å². The van der Waals surface area contributed by atoms with Gasteiger partial charge in [0.05, 0.1) is 16.4 Å². The molecule has 9 aromatic carbocycles. The zero-order valence-corrected chi connectivity index (χ0v) is 31.2. The fourth-order valence-electron chi connectivity index (χ4n) is 10.1. The van der Waals surface area contributed by atoms with Gasteiger partial charge in [0.25, 0.3) is 0 Å². The van der Waals surface area contributed by atoms with Crippen molar-refractivity contribution >= 4 is 38.9 Å². The second-order valence-corrected chi connectivity index (χ2v) is 15.3. The maximum absolute atomic E-state index is 2.44. The van der Waals surface area contributed by atoms with Crippen LogP contribution in [0.2, 0.25) is 0 Å². The molecule has 0 N–H and O–H groups in total. The van der Waals surface area contributed by atoms with Crippen molar-refractivity contribution in [1.82, 2.24) is 4.57 Å². The van der Waals surface area contributed by atoms with Crippen molar-refractivity contribution < 1.29 is 0 Å². The first-order chi connectivity index (χ1) is 28.3. The lowest BCUT2D eigenvalue weighted by atomic mass is 9.70. The maximum Gasteiger partial charge on any atom is 0.0725 e. The van der Waals surface area contributed by atoms with E-state index in [4.69, 9.17) is 0 Å². The van der Waals surface area contributed by atoms with Crippen molar-refractivity contribution in [2.24, 2.45) is 0 Å². The first-order valence-corrected chi connectivity index (χ1v) is 19.8. The summed E-state index contributed by atoms with van der Waals surface area (Å²) in [7, 11) is 0. The summed E-state index contributed by atoms with van der Waals surface area (Å²) in [5, 5.41) is 2.46. The number of benzene rings is 9. The van der Waals surface area contributed by atoms with Gasteiger partial charge in [-0.05, 0) is 116 Å². The molecule has 0 amide bonds. The molecule has 0 bridgehead atoms. The molecule has 2 heteroatoms. The van der Waals surface area contributed by atoms with Gasteiger partial charge in [-0.1, -0.05) is 158 Å². The van der Waals surface area contributed by atoms with Crippen molar-refractivity contribution in [3.8, 4) is 39.1 Å². The van der Waals surface area contributed by atoms with Crippen LogP contribution in [0.4, 0.5) is 17.1 Å². The van der Waals surface area contributed by atoms with Crippen LogP contribution in [-0.2, 0) is 5.41 Å². The molecular weight excluding hydrogens is 689 g/mol. The number of anilines is 3. The van der Waals surface area contributed by atoms with Gasteiger partial charge < -0.3 is 9.47 Å². The summed E-state index contributed by atoms with van der Waals surface area (Å²) in [5.74, 6) is 0. The summed E-state index contributed by atoms with van der Waals surface area (Å²) in [4.78, 5) is 2.44. The monoisotopic (exact) mass is 724 g/mol. The summed E-state index contributed by atoms with van der Waals surface area (Å²) >= 11 is 0. The molecule has 2 nitrogen and oxygen atoms in total.